The number of pyridine rings is 1. The molecule has 0 bridgehead atoms. The summed E-state index contributed by atoms with van der Waals surface area (Å²) >= 11 is 0. The second-order valence-electron chi connectivity index (χ2n) is 5.40. The quantitative estimate of drug-likeness (QED) is 0.783. The van der Waals surface area contributed by atoms with Gasteiger partial charge in [-0.05, 0) is 37.5 Å². The third-order valence-electron chi connectivity index (χ3n) is 3.99. The molecule has 0 aromatic carbocycles. The number of rotatable bonds is 2. The lowest BCUT2D eigenvalue weighted by Gasteiger charge is -2.27. The molecule has 0 atom stereocenters. The van der Waals surface area contributed by atoms with Crippen molar-refractivity contribution in [3.63, 3.8) is 0 Å². The van der Waals surface area contributed by atoms with Gasteiger partial charge in [-0.15, -0.1) is 0 Å². The van der Waals surface area contributed by atoms with Gasteiger partial charge in [0.25, 0.3) is 0 Å². The number of H-pyrrole nitrogens is 1. The molecule has 5 heteroatoms. The molecule has 1 N–H and O–H groups in total. The molecule has 1 aliphatic rings. The van der Waals surface area contributed by atoms with E-state index in [0.717, 1.165) is 41.3 Å². The number of hydrogen-bond acceptors (Lipinski definition) is 4. The zero-order chi connectivity index (χ0) is 14.1. The Morgan fingerprint density at radius 3 is 2.71 bits per heavy atom. The van der Waals surface area contributed by atoms with E-state index in [4.69, 9.17) is 0 Å². The van der Waals surface area contributed by atoms with Gasteiger partial charge in [0.15, 0.2) is 5.82 Å². The van der Waals surface area contributed by atoms with E-state index in [1.54, 1.807) is 12.5 Å². The smallest absolute Gasteiger partial charge is 0.156 e. The first-order valence-electron chi connectivity index (χ1n) is 7.42. The van der Waals surface area contributed by atoms with Crippen molar-refractivity contribution in [1.82, 2.24) is 19.9 Å². The molecule has 4 heterocycles. The molecule has 0 radical (unpaired) electrons. The minimum atomic E-state index is 0.931. The Bertz CT molecular complexity index is 744. The molecule has 0 aliphatic carbocycles. The maximum Gasteiger partial charge on any atom is 0.156 e. The highest BCUT2D eigenvalue weighted by Crippen LogP contribution is 2.28. The van der Waals surface area contributed by atoms with Crippen LogP contribution >= 0.6 is 0 Å². The van der Waals surface area contributed by atoms with Gasteiger partial charge in [-0.3, -0.25) is 4.98 Å². The Hall–Kier alpha value is -2.43. The van der Waals surface area contributed by atoms with Crippen LogP contribution in [0.4, 0.5) is 5.82 Å². The van der Waals surface area contributed by atoms with E-state index in [2.05, 4.69) is 24.8 Å². The Morgan fingerprint density at radius 1 is 1.00 bits per heavy atom. The monoisotopic (exact) mass is 279 g/mol. The van der Waals surface area contributed by atoms with Crippen LogP contribution in [-0.2, 0) is 0 Å². The van der Waals surface area contributed by atoms with Crippen LogP contribution in [0.3, 0.4) is 0 Å². The number of piperidine rings is 1. The van der Waals surface area contributed by atoms with Crippen LogP contribution in [0, 0.1) is 0 Å². The minimum absolute atomic E-state index is 0.931. The largest absolute Gasteiger partial charge is 0.355 e. The van der Waals surface area contributed by atoms with Crippen LogP contribution in [0.1, 0.15) is 19.3 Å². The van der Waals surface area contributed by atoms with Crippen LogP contribution in [-0.4, -0.2) is 33.0 Å². The fraction of sp³-hybridized carbons (Fsp3) is 0.312. The van der Waals surface area contributed by atoms with Crippen LogP contribution in [0.2, 0.25) is 0 Å². The molecule has 21 heavy (non-hydrogen) atoms. The van der Waals surface area contributed by atoms with Crippen molar-refractivity contribution in [2.24, 2.45) is 0 Å². The zero-order valence-corrected chi connectivity index (χ0v) is 11.8. The van der Waals surface area contributed by atoms with Gasteiger partial charge < -0.3 is 9.88 Å². The third-order valence-corrected chi connectivity index (χ3v) is 3.99. The molecule has 0 spiro atoms. The molecular weight excluding hydrogens is 262 g/mol. The van der Waals surface area contributed by atoms with Crippen LogP contribution in [0.15, 0.2) is 36.8 Å². The number of anilines is 1. The van der Waals surface area contributed by atoms with Crippen LogP contribution < -0.4 is 4.90 Å². The van der Waals surface area contributed by atoms with Gasteiger partial charge in [0.1, 0.15) is 11.8 Å². The predicted molar refractivity (Wildman–Crippen MR) is 83.2 cm³/mol. The number of hydrogen-bond donors (Lipinski definition) is 1. The molecule has 1 saturated heterocycles. The number of aromatic nitrogens is 4. The summed E-state index contributed by atoms with van der Waals surface area (Å²) < 4.78 is 0. The molecule has 3 aromatic rings. The fourth-order valence-electron chi connectivity index (χ4n) is 2.93. The SMILES string of the molecule is c1ccc(-c2cc3ncnc(N4CCCCC4)c3[nH]2)nc1. The molecule has 1 fully saturated rings. The second-order valence-corrected chi connectivity index (χ2v) is 5.40. The first-order chi connectivity index (χ1) is 10.4. The van der Waals surface area contributed by atoms with Crippen molar-refractivity contribution in [2.75, 3.05) is 18.0 Å². The first-order valence-corrected chi connectivity index (χ1v) is 7.42. The summed E-state index contributed by atoms with van der Waals surface area (Å²) in [6, 6.07) is 7.96. The Balaban J connectivity index is 1.80. The lowest BCUT2D eigenvalue weighted by molar-refractivity contribution is 0.574. The summed E-state index contributed by atoms with van der Waals surface area (Å²) in [7, 11) is 0. The van der Waals surface area contributed by atoms with E-state index >= 15 is 0 Å². The normalized spacial score (nSPS) is 15.5. The van der Waals surface area contributed by atoms with Crippen molar-refractivity contribution in [1.29, 1.82) is 0 Å². The zero-order valence-electron chi connectivity index (χ0n) is 11.8. The van der Waals surface area contributed by atoms with Gasteiger partial charge in [-0.25, -0.2) is 9.97 Å². The summed E-state index contributed by atoms with van der Waals surface area (Å²) in [6.07, 6.45) is 7.24. The number of fused-ring (bicyclic) bond motifs is 1. The van der Waals surface area contributed by atoms with E-state index in [1.165, 1.54) is 19.3 Å². The standard InChI is InChI=1S/C16H17N5/c1-4-8-21(9-5-1)16-15-14(18-11-19-16)10-13(20-15)12-6-2-3-7-17-12/h2-3,6-7,10-11,20H,1,4-5,8-9H2. The molecule has 0 saturated carbocycles. The van der Waals surface area contributed by atoms with E-state index in [1.807, 2.05) is 24.3 Å². The Kier molecular flexibility index (Phi) is 3.03. The van der Waals surface area contributed by atoms with Crippen molar-refractivity contribution in [2.45, 2.75) is 19.3 Å². The van der Waals surface area contributed by atoms with Crippen molar-refractivity contribution < 1.29 is 0 Å². The lowest BCUT2D eigenvalue weighted by Crippen LogP contribution is -2.30. The highest BCUT2D eigenvalue weighted by molar-refractivity contribution is 5.90. The highest BCUT2D eigenvalue weighted by atomic mass is 15.2. The Labute approximate surface area is 123 Å². The van der Waals surface area contributed by atoms with E-state index < -0.39 is 0 Å². The Morgan fingerprint density at radius 2 is 1.90 bits per heavy atom. The van der Waals surface area contributed by atoms with Crippen molar-refractivity contribution >= 4 is 16.9 Å². The molecule has 0 amide bonds. The number of nitrogens with one attached hydrogen (secondary N) is 1. The molecule has 1 aliphatic heterocycles. The summed E-state index contributed by atoms with van der Waals surface area (Å²) in [6.45, 7) is 2.15. The fourth-order valence-corrected chi connectivity index (χ4v) is 2.93. The summed E-state index contributed by atoms with van der Waals surface area (Å²) in [4.78, 5) is 19.1. The van der Waals surface area contributed by atoms with E-state index in [0.29, 0.717) is 0 Å². The van der Waals surface area contributed by atoms with Gasteiger partial charge in [0.2, 0.25) is 0 Å². The summed E-state index contributed by atoms with van der Waals surface area (Å²) in [5, 5.41) is 0. The van der Waals surface area contributed by atoms with E-state index in [-0.39, 0.29) is 0 Å². The van der Waals surface area contributed by atoms with Gasteiger partial charge in [0, 0.05) is 19.3 Å². The topological polar surface area (TPSA) is 57.7 Å². The van der Waals surface area contributed by atoms with Gasteiger partial charge in [0.05, 0.1) is 16.9 Å². The average Bonchev–Trinajstić information content (AvgIpc) is 3.00. The maximum atomic E-state index is 4.50. The molecule has 5 nitrogen and oxygen atoms in total. The number of aromatic amines is 1. The molecule has 106 valence electrons. The first kappa shape index (κ1) is 12.3. The minimum Gasteiger partial charge on any atom is -0.355 e. The molecular formula is C16H17N5. The third kappa shape index (κ3) is 2.24. The second kappa shape index (κ2) is 5.16. The van der Waals surface area contributed by atoms with Crippen molar-refractivity contribution in [3.05, 3.63) is 36.8 Å². The average molecular weight is 279 g/mol. The predicted octanol–water partition coefficient (Wildman–Crippen LogP) is 3.01. The van der Waals surface area contributed by atoms with E-state index in [9.17, 15) is 0 Å². The molecule has 4 rings (SSSR count). The highest BCUT2D eigenvalue weighted by Gasteiger charge is 2.17. The van der Waals surface area contributed by atoms with Gasteiger partial charge in [-0.2, -0.15) is 0 Å². The lowest BCUT2D eigenvalue weighted by atomic mass is 10.1. The molecule has 3 aromatic heterocycles. The maximum absolute atomic E-state index is 4.50. The summed E-state index contributed by atoms with van der Waals surface area (Å²) in [5.74, 6) is 1.02. The molecule has 0 unspecified atom stereocenters. The van der Waals surface area contributed by atoms with Crippen LogP contribution in [0.25, 0.3) is 22.4 Å². The van der Waals surface area contributed by atoms with Gasteiger partial charge in [-0.1, -0.05) is 6.07 Å². The van der Waals surface area contributed by atoms with Crippen LogP contribution in [0.5, 0.6) is 0 Å². The summed E-state index contributed by atoms with van der Waals surface area (Å²) in [5.41, 5.74) is 3.88. The van der Waals surface area contributed by atoms with Gasteiger partial charge >= 0.3 is 0 Å². The number of nitrogens with zero attached hydrogens (tertiary/aromatic N) is 4. The van der Waals surface area contributed by atoms with Crippen molar-refractivity contribution in [3.8, 4) is 11.4 Å².